The molecule has 0 aliphatic carbocycles. The Hall–Kier alpha value is -2.73. The molecule has 27 heavy (non-hydrogen) atoms. The summed E-state index contributed by atoms with van der Waals surface area (Å²) in [5.74, 6) is -1.27. The number of amides is 1. The molecule has 1 N–H and O–H groups in total. The van der Waals surface area contributed by atoms with Crippen molar-refractivity contribution in [1.82, 2.24) is 4.57 Å². The normalized spacial score (nSPS) is 13.0. The fraction of sp³-hybridized carbons (Fsp3) is 0.286. The number of thiazole rings is 1. The lowest BCUT2D eigenvalue weighted by Gasteiger charge is -2.15. The highest BCUT2D eigenvalue weighted by molar-refractivity contribution is 7.16. The molecule has 1 aromatic heterocycles. The van der Waals surface area contributed by atoms with Gasteiger partial charge in [0.1, 0.15) is 6.04 Å². The Morgan fingerprint density at radius 1 is 1.15 bits per heavy atom. The molecule has 0 aliphatic rings. The molecule has 0 spiro atoms. The van der Waals surface area contributed by atoms with Crippen molar-refractivity contribution >= 4 is 33.4 Å². The maximum absolute atomic E-state index is 12.6. The van der Waals surface area contributed by atoms with Crippen molar-refractivity contribution in [2.24, 2.45) is 4.99 Å². The molecule has 1 amide bonds. The van der Waals surface area contributed by atoms with Gasteiger partial charge in [-0.3, -0.25) is 4.79 Å². The second kappa shape index (κ2) is 8.31. The van der Waals surface area contributed by atoms with E-state index in [9.17, 15) is 14.7 Å². The zero-order chi connectivity index (χ0) is 19.4. The standard InChI is InChI=1S/C21H22N2O3S/c1-3-4-7-17(20(25)26)23-16-8-5-6-9-18(16)27-21(23)22-19(24)15-12-10-14(2)11-13-15/h5-6,8-13,17H,3-4,7H2,1-2H3,(H,25,26)/b22-21-. The van der Waals surface area contributed by atoms with E-state index < -0.39 is 12.0 Å². The monoisotopic (exact) mass is 382 g/mol. The van der Waals surface area contributed by atoms with Crippen molar-refractivity contribution in [2.75, 3.05) is 0 Å². The van der Waals surface area contributed by atoms with E-state index in [4.69, 9.17) is 0 Å². The van der Waals surface area contributed by atoms with E-state index in [0.717, 1.165) is 28.6 Å². The number of aromatic nitrogens is 1. The topological polar surface area (TPSA) is 71.7 Å². The summed E-state index contributed by atoms with van der Waals surface area (Å²) in [4.78, 5) is 29.3. The van der Waals surface area contributed by atoms with Crippen LogP contribution in [0.2, 0.25) is 0 Å². The van der Waals surface area contributed by atoms with Crippen LogP contribution in [0, 0.1) is 6.92 Å². The Labute approximate surface area is 161 Å². The first-order chi connectivity index (χ1) is 13.0. The van der Waals surface area contributed by atoms with Crippen LogP contribution >= 0.6 is 11.3 Å². The van der Waals surface area contributed by atoms with Gasteiger partial charge in [0.05, 0.1) is 10.2 Å². The van der Waals surface area contributed by atoms with Gasteiger partial charge in [-0.1, -0.05) is 60.9 Å². The molecule has 0 saturated heterocycles. The van der Waals surface area contributed by atoms with E-state index >= 15 is 0 Å². The average molecular weight is 382 g/mol. The molecule has 1 atom stereocenters. The van der Waals surface area contributed by atoms with Crippen LogP contribution in [0.25, 0.3) is 10.2 Å². The summed E-state index contributed by atoms with van der Waals surface area (Å²) in [6.45, 7) is 3.98. The number of unbranched alkanes of at least 4 members (excludes halogenated alkanes) is 1. The molecule has 0 saturated carbocycles. The molecule has 0 aliphatic heterocycles. The number of fused-ring (bicyclic) bond motifs is 1. The minimum atomic E-state index is -0.906. The summed E-state index contributed by atoms with van der Waals surface area (Å²) in [7, 11) is 0. The summed E-state index contributed by atoms with van der Waals surface area (Å²) >= 11 is 1.34. The first kappa shape index (κ1) is 19.0. The first-order valence-corrected chi connectivity index (χ1v) is 9.81. The molecule has 1 unspecified atom stereocenters. The number of carboxylic acid groups (broad SMARTS) is 1. The van der Waals surface area contributed by atoms with Crippen molar-refractivity contribution in [3.8, 4) is 0 Å². The molecule has 2 aromatic carbocycles. The number of hydrogen-bond acceptors (Lipinski definition) is 3. The predicted molar refractivity (Wildman–Crippen MR) is 107 cm³/mol. The summed E-state index contributed by atoms with van der Waals surface area (Å²) in [6.07, 6.45) is 2.19. The zero-order valence-electron chi connectivity index (χ0n) is 15.4. The van der Waals surface area contributed by atoms with E-state index in [2.05, 4.69) is 4.99 Å². The SMILES string of the molecule is CCCCC(C(=O)O)n1/c(=N/C(=O)c2ccc(C)cc2)sc2ccccc21. The van der Waals surface area contributed by atoms with Gasteiger partial charge in [0.15, 0.2) is 4.80 Å². The van der Waals surface area contributed by atoms with Crippen molar-refractivity contribution in [3.63, 3.8) is 0 Å². The van der Waals surface area contributed by atoms with Gasteiger partial charge in [0.2, 0.25) is 0 Å². The molecule has 3 aromatic rings. The van der Waals surface area contributed by atoms with Gasteiger partial charge in [-0.2, -0.15) is 4.99 Å². The van der Waals surface area contributed by atoms with Gasteiger partial charge in [0.25, 0.3) is 5.91 Å². The van der Waals surface area contributed by atoms with Gasteiger partial charge in [-0.15, -0.1) is 0 Å². The highest BCUT2D eigenvalue weighted by Crippen LogP contribution is 2.24. The Balaban J connectivity index is 2.15. The third-order valence-electron chi connectivity index (χ3n) is 4.46. The fourth-order valence-electron chi connectivity index (χ4n) is 2.98. The number of benzene rings is 2. The van der Waals surface area contributed by atoms with Crippen LogP contribution in [-0.2, 0) is 4.79 Å². The number of carbonyl (C=O) groups excluding carboxylic acids is 1. The van der Waals surface area contributed by atoms with E-state index in [1.165, 1.54) is 11.3 Å². The van der Waals surface area contributed by atoms with Crippen LogP contribution in [-0.4, -0.2) is 21.6 Å². The quantitative estimate of drug-likeness (QED) is 0.679. The van der Waals surface area contributed by atoms with Crippen LogP contribution in [0.4, 0.5) is 0 Å². The van der Waals surface area contributed by atoms with Crippen LogP contribution in [0.15, 0.2) is 53.5 Å². The minimum Gasteiger partial charge on any atom is -0.480 e. The molecular weight excluding hydrogens is 360 g/mol. The summed E-state index contributed by atoms with van der Waals surface area (Å²) in [5, 5.41) is 9.79. The van der Waals surface area contributed by atoms with Crippen molar-refractivity contribution in [2.45, 2.75) is 39.2 Å². The Morgan fingerprint density at radius 2 is 1.85 bits per heavy atom. The largest absolute Gasteiger partial charge is 0.480 e. The second-order valence-electron chi connectivity index (χ2n) is 6.50. The van der Waals surface area contributed by atoms with Gasteiger partial charge >= 0.3 is 5.97 Å². The number of rotatable bonds is 6. The average Bonchev–Trinajstić information content (AvgIpc) is 3.00. The highest BCUT2D eigenvalue weighted by atomic mass is 32.1. The molecule has 3 rings (SSSR count). The second-order valence-corrected chi connectivity index (χ2v) is 7.51. The Bertz CT molecular complexity index is 1030. The van der Waals surface area contributed by atoms with E-state index in [1.54, 1.807) is 16.7 Å². The number of para-hydroxylation sites is 1. The minimum absolute atomic E-state index is 0.366. The summed E-state index contributed by atoms with van der Waals surface area (Å²) < 4.78 is 2.61. The molecule has 1 heterocycles. The van der Waals surface area contributed by atoms with Gasteiger partial charge in [0, 0.05) is 5.56 Å². The van der Waals surface area contributed by atoms with Crippen LogP contribution < -0.4 is 4.80 Å². The van der Waals surface area contributed by atoms with E-state index in [-0.39, 0.29) is 5.91 Å². The lowest BCUT2D eigenvalue weighted by atomic mass is 10.1. The van der Waals surface area contributed by atoms with E-state index in [0.29, 0.717) is 16.8 Å². The fourth-order valence-corrected chi connectivity index (χ4v) is 4.05. The van der Waals surface area contributed by atoms with Crippen molar-refractivity contribution < 1.29 is 14.7 Å². The zero-order valence-corrected chi connectivity index (χ0v) is 16.2. The maximum atomic E-state index is 12.6. The first-order valence-electron chi connectivity index (χ1n) is 9.00. The molecule has 0 radical (unpaired) electrons. The number of carboxylic acids is 1. The maximum Gasteiger partial charge on any atom is 0.326 e. The van der Waals surface area contributed by atoms with Gasteiger partial charge in [-0.25, -0.2) is 4.79 Å². The highest BCUT2D eigenvalue weighted by Gasteiger charge is 2.23. The molecule has 6 heteroatoms. The lowest BCUT2D eigenvalue weighted by Crippen LogP contribution is -2.28. The van der Waals surface area contributed by atoms with Gasteiger partial charge in [-0.05, 0) is 37.6 Å². The Kier molecular flexibility index (Phi) is 5.86. The van der Waals surface area contributed by atoms with Crippen LogP contribution in [0.1, 0.15) is 48.1 Å². The Morgan fingerprint density at radius 3 is 2.52 bits per heavy atom. The van der Waals surface area contributed by atoms with Crippen molar-refractivity contribution in [1.29, 1.82) is 0 Å². The van der Waals surface area contributed by atoms with Gasteiger partial charge < -0.3 is 9.67 Å². The number of hydrogen-bond donors (Lipinski definition) is 1. The number of aryl methyl sites for hydroxylation is 1. The van der Waals surface area contributed by atoms with Crippen LogP contribution in [0.3, 0.4) is 0 Å². The molecular formula is C21H22N2O3S. The molecule has 140 valence electrons. The summed E-state index contributed by atoms with van der Waals surface area (Å²) in [5.41, 5.74) is 2.35. The molecule has 5 nitrogen and oxygen atoms in total. The number of nitrogens with zero attached hydrogens (tertiary/aromatic N) is 2. The van der Waals surface area contributed by atoms with Crippen LogP contribution in [0.5, 0.6) is 0 Å². The van der Waals surface area contributed by atoms with Crippen molar-refractivity contribution in [3.05, 3.63) is 64.5 Å². The number of aliphatic carboxylic acids is 1. The molecule has 0 fully saturated rings. The summed E-state index contributed by atoms with van der Waals surface area (Å²) in [6, 6.07) is 14.0. The van der Waals surface area contributed by atoms with E-state index in [1.807, 2.05) is 50.2 Å². The predicted octanol–water partition coefficient (Wildman–Crippen LogP) is 4.57. The smallest absolute Gasteiger partial charge is 0.326 e. The molecule has 0 bridgehead atoms. The third-order valence-corrected chi connectivity index (χ3v) is 5.49. The number of carbonyl (C=O) groups is 2. The third kappa shape index (κ3) is 4.17. The lowest BCUT2D eigenvalue weighted by molar-refractivity contribution is -0.141.